The predicted molar refractivity (Wildman–Crippen MR) is 117 cm³/mol. The number of ether oxygens (including phenoxy) is 1. The molecule has 1 spiro atoms. The van der Waals surface area contributed by atoms with E-state index in [1.165, 1.54) is 33.2 Å². The van der Waals surface area contributed by atoms with Gasteiger partial charge in [-0.05, 0) is 60.0 Å². The van der Waals surface area contributed by atoms with Crippen molar-refractivity contribution in [3.8, 4) is 5.75 Å². The number of fused-ring (bicyclic) bond motifs is 4. The zero-order chi connectivity index (χ0) is 18.8. The average molecular weight is 420 g/mol. The number of alkyl halides is 1. The lowest BCUT2D eigenvalue weighted by Crippen LogP contribution is -2.58. The van der Waals surface area contributed by atoms with Crippen molar-refractivity contribution in [2.75, 3.05) is 11.9 Å². The zero-order valence-electron chi connectivity index (χ0n) is 15.8. The summed E-state index contributed by atoms with van der Waals surface area (Å²) in [5.41, 5.74) is 4.30. The Balaban J connectivity index is 1.69. The van der Waals surface area contributed by atoms with Gasteiger partial charge in [0.05, 0.1) is 5.41 Å². The highest BCUT2D eigenvalue weighted by molar-refractivity contribution is 9.08. The van der Waals surface area contributed by atoms with Crippen molar-refractivity contribution in [1.29, 1.82) is 0 Å². The van der Waals surface area contributed by atoms with Gasteiger partial charge in [-0.25, -0.2) is 0 Å². The molecule has 0 N–H and O–H groups in total. The SMILES string of the molecule is CN1c2cc(CBr)ccc2C(C)(C)C12C=Cc1c(ccc3ccccc13)O2. The molecule has 0 aromatic heterocycles. The molecule has 3 heteroatoms. The fraction of sp³-hybridized carbons (Fsp3) is 0.250. The molecule has 0 fully saturated rings. The van der Waals surface area contributed by atoms with E-state index in [1.807, 2.05) is 0 Å². The topological polar surface area (TPSA) is 12.5 Å². The first kappa shape index (κ1) is 16.9. The molecule has 3 aromatic carbocycles. The Kier molecular flexibility index (Phi) is 3.51. The van der Waals surface area contributed by atoms with Crippen molar-refractivity contribution < 1.29 is 4.74 Å². The Bertz CT molecular complexity index is 1100. The van der Waals surface area contributed by atoms with E-state index >= 15 is 0 Å². The second-order valence-corrected chi connectivity index (χ2v) is 8.56. The van der Waals surface area contributed by atoms with Gasteiger partial charge in [0.1, 0.15) is 5.75 Å². The number of hydrogen-bond donors (Lipinski definition) is 0. The third kappa shape index (κ3) is 2.12. The van der Waals surface area contributed by atoms with Crippen LogP contribution in [0, 0.1) is 0 Å². The summed E-state index contributed by atoms with van der Waals surface area (Å²) in [4.78, 5) is 2.29. The molecule has 0 bridgehead atoms. The van der Waals surface area contributed by atoms with E-state index < -0.39 is 5.72 Å². The Morgan fingerprint density at radius 1 is 1.04 bits per heavy atom. The van der Waals surface area contributed by atoms with Gasteiger partial charge in [-0.15, -0.1) is 0 Å². The van der Waals surface area contributed by atoms with Crippen LogP contribution in [0.15, 0.2) is 60.7 Å². The molecule has 5 rings (SSSR count). The summed E-state index contributed by atoms with van der Waals surface area (Å²) in [7, 11) is 2.14. The van der Waals surface area contributed by atoms with Crippen molar-refractivity contribution in [1.82, 2.24) is 0 Å². The van der Waals surface area contributed by atoms with Crippen LogP contribution in [-0.2, 0) is 10.7 Å². The normalized spacial score (nSPS) is 22.0. The Morgan fingerprint density at radius 2 is 1.85 bits per heavy atom. The zero-order valence-corrected chi connectivity index (χ0v) is 17.4. The quantitative estimate of drug-likeness (QED) is 0.431. The molecular weight excluding hydrogens is 398 g/mol. The first-order valence-electron chi connectivity index (χ1n) is 9.31. The number of nitrogens with zero attached hydrogens (tertiary/aromatic N) is 1. The molecule has 3 aromatic rings. The van der Waals surface area contributed by atoms with Gasteiger partial charge in [0, 0.05) is 23.6 Å². The van der Waals surface area contributed by atoms with Crippen molar-refractivity contribution in [3.05, 3.63) is 77.4 Å². The number of hydrogen-bond acceptors (Lipinski definition) is 2. The van der Waals surface area contributed by atoms with Gasteiger partial charge in [-0.3, -0.25) is 0 Å². The van der Waals surface area contributed by atoms with Crippen LogP contribution >= 0.6 is 15.9 Å². The number of likely N-dealkylation sites (N-methyl/N-ethyl adjacent to an activating group) is 1. The summed E-state index contributed by atoms with van der Waals surface area (Å²) in [6.45, 7) is 4.55. The summed E-state index contributed by atoms with van der Waals surface area (Å²) >= 11 is 3.58. The summed E-state index contributed by atoms with van der Waals surface area (Å²) in [6.07, 6.45) is 4.49. The molecule has 136 valence electrons. The van der Waals surface area contributed by atoms with Gasteiger partial charge in [-0.2, -0.15) is 0 Å². The third-order valence-corrected chi connectivity index (χ3v) is 6.96. The van der Waals surface area contributed by atoms with Crippen LogP contribution in [0.3, 0.4) is 0 Å². The highest BCUT2D eigenvalue weighted by Crippen LogP contribution is 2.54. The van der Waals surface area contributed by atoms with E-state index in [0.29, 0.717) is 0 Å². The summed E-state index contributed by atoms with van der Waals surface area (Å²) in [5.74, 6) is 0.949. The molecule has 2 heterocycles. The van der Waals surface area contributed by atoms with E-state index in [1.54, 1.807) is 0 Å². The highest BCUT2D eigenvalue weighted by atomic mass is 79.9. The fourth-order valence-corrected chi connectivity index (χ4v) is 5.06. The fourth-order valence-electron chi connectivity index (χ4n) is 4.71. The standard InChI is InChI=1S/C24H22BrNO/c1-23(2)20-10-8-16(15-25)14-21(20)26(3)24(23)13-12-19-18-7-5-4-6-17(18)9-11-22(19)27-24/h4-14H,15H2,1-3H3. The first-order valence-corrected chi connectivity index (χ1v) is 10.4. The van der Waals surface area contributed by atoms with Crippen LogP contribution in [0.2, 0.25) is 0 Å². The highest BCUT2D eigenvalue weighted by Gasteiger charge is 2.57. The molecular formula is C24H22BrNO. The van der Waals surface area contributed by atoms with Gasteiger partial charge >= 0.3 is 0 Å². The number of anilines is 1. The van der Waals surface area contributed by atoms with E-state index in [9.17, 15) is 0 Å². The Morgan fingerprint density at radius 3 is 2.67 bits per heavy atom. The minimum absolute atomic E-state index is 0.179. The monoisotopic (exact) mass is 419 g/mol. The third-order valence-electron chi connectivity index (χ3n) is 6.32. The molecule has 0 aliphatic carbocycles. The lowest BCUT2D eigenvalue weighted by molar-refractivity contribution is 0.0584. The van der Waals surface area contributed by atoms with Crippen LogP contribution in [0.25, 0.3) is 16.8 Å². The van der Waals surface area contributed by atoms with E-state index in [4.69, 9.17) is 4.74 Å². The number of halogens is 1. The van der Waals surface area contributed by atoms with Gasteiger partial charge in [0.15, 0.2) is 0 Å². The van der Waals surface area contributed by atoms with Crippen LogP contribution in [0.1, 0.15) is 30.5 Å². The molecule has 27 heavy (non-hydrogen) atoms. The maximum absolute atomic E-state index is 6.80. The van der Waals surface area contributed by atoms with E-state index in [0.717, 1.165) is 11.1 Å². The maximum Gasteiger partial charge on any atom is 0.211 e. The largest absolute Gasteiger partial charge is 0.463 e. The van der Waals surface area contributed by atoms with Crippen molar-refractivity contribution in [2.45, 2.75) is 30.3 Å². The summed E-state index contributed by atoms with van der Waals surface area (Å²) < 4.78 is 6.80. The number of rotatable bonds is 1. The van der Waals surface area contributed by atoms with Crippen molar-refractivity contribution in [3.63, 3.8) is 0 Å². The van der Waals surface area contributed by atoms with E-state index in [-0.39, 0.29) is 5.41 Å². The average Bonchev–Trinajstić information content (AvgIpc) is 2.86. The van der Waals surface area contributed by atoms with Gasteiger partial charge in [0.25, 0.3) is 0 Å². The summed E-state index contributed by atoms with van der Waals surface area (Å²) in [6, 6.07) is 19.5. The minimum Gasteiger partial charge on any atom is -0.463 e. The Hall–Kier alpha value is -2.26. The molecule has 1 atom stereocenters. The molecule has 0 saturated heterocycles. The second-order valence-electron chi connectivity index (χ2n) is 8.00. The predicted octanol–water partition coefficient (Wildman–Crippen LogP) is 6.26. The molecule has 2 aliphatic rings. The molecule has 0 radical (unpaired) electrons. The Labute approximate surface area is 168 Å². The minimum atomic E-state index is -0.532. The van der Waals surface area contributed by atoms with Crippen LogP contribution < -0.4 is 9.64 Å². The van der Waals surface area contributed by atoms with Crippen molar-refractivity contribution >= 4 is 38.5 Å². The molecule has 0 saturated carbocycles. The van der Waals surface area contributed by atoms with E-state index in [2.05, 4.69) is 108 Å². The van der Waals surface area contributed by atoms with Gasteiger partial charge in [0.2, 0.25) is 5.72 Å². The number of benzene rings is 3. The van der Waals surface area contributed by atoms with Crippen molar-refractivity contribution in [2.24, 2.45) is 0 Å². The lowest BCUT2D eigenvalue weighted by Gasteiger charge is -2.46. The lowest BCUT2D eigenvalue weighted by atomic mass is 9.76. The molecule has 2 nitrogen and oxygen atoms in total. The van der Waals surface area contributed by atoms with Crippen LogP contribution in [-0.4, -0.2) is 12.8 Å². The molecule has 0 amide bonds. The summed E-state index contributed by atoms with van der Waals surface area (Å²) in [5, 5.41) is 3.33. The smallest absolute Gasteiger partial charge is 0.211 e. The van der Waals surface area contributed by atoms with Gasteiger partial charge < -0.3 is 9.64 Å². The molecule has 1 unspecified atom stereocenters. The van der Waals surface area contributed by atoms with Crippen LogP contribution in [0.4, 0.5) is 5.69 Å². The second kappa shape index (κ2) is 5.62. The van der Waals surface area contributed by atoms with Crippen LogP contribution in [0.5, 0.6) is 5.75 Å². The maximum atomic E-state index is 6.80. The molecule has 2 aliphatic heterocycles. The van der Waals surface area contributed by atoms with Gasteiger partial charge in [-0.1, -0.05) is 58.4 Å². The first-order chi connectivity index (χ1) is 13.0.